The Hall–Kier alpha value is -1.48. The van der Waals surface area contributed by atoms with Crippen molar-refractivity contribution in [3.05, 3.63) is 47.2 Å². The summed E-state index contributed by atoms with van der Waals surface area (Å²) in [7, 11) is 0. The lowest BCUT2D eigenvalue weighted by Gasteiger charge is -2.07. The highest BCUT2D eigenvalue weighted by Gasteiger charge is 2.08. The molecule has 0 bridgehead atoms. The molecule has 2 heterocycles. The van der Waals surface area contributed by atoms with Crippen LogP contribution in [0.4, 0.5) is 0 Å². The van der Waals surface area contributed by atoms with Crippen LogP contribution in [0.2, 0.25) is 0 Å². The van der Waals surface area contributed by atoms with E-state index in [2.05, 4.69) is 24.5 Å². The largest absolute Gasteiger partial charge is 0.467 e. The third-order valence-electron chi connectivity index (χ3n) is 2.79. The highest BCUT2D eigenvalue weighted by molar-refractivity contribution is 5.27. The monoisotopic (exact) mass is 204 g/mol. The van der Waals surface area contributed by atoms with E-state index in [1.165, 1.54) is 17.0 Å². The minimum absolute atomic E-state index is 0.595. The van der Waals surface area contributed by atoms with Gasteiger partial charge in [0.2, 0.25) is 0 Å². The Balaban J connectivity index is 2.32. The summed E-state index contributed by atoms with van der Waals surface area (Å²) in [6.45, 7) is 5.57. The number of nitrogens with two attached hydrogens (primary N) is 1. The van der Waals surface area contributed by atoms with E-state index in [4.69, 9.17) is 10.2 Å². The average molecular weight is 204 g/mol. The number of furan rings is 1. The van der Waals surface area contributed by atoms with Crippen molar-refractivity contribution in [3.63, 3.8) is 0 Å². The third-order valence-corrected chi connectivity index (χ3v) is 2.79. The molecule has 0 spiro atoms. The quantitative estimate of drug-likeness (QED) is 0.833. The van der Waals surface area contributed by atoms with E-state index in [1.54, 1.807) is 6.26 Å². The highest BCUT2D eigenvalue weighted by Crippen LogP contribution is 2.16. The number of aryl methyl sites for hydroxylation is 1. The number of nitrogens with zero attached hydrogens (tertiary/aromatic N) is 1. The lowest BCUT2D eigenvalue weighted by molar-refractivity contribution is 0.489. The molecule has 3 heteroatoms. The molecule has 0 saturated carbocycles. The molecule has 0 amide bonds. The van der Waals surface area contributed by atoms with Gasteiger partial charge in [-0.1, -0.05) is 0 Å². The van der Waals surface area contributed by atoms with Crippen LogP contribution in [-0.4, -0.2) is 4.57 Å². The minimum atomic E-state index is 0.595. The Morgan fingerprint density at radius 1 is 1.40 bits per heavy atom. The van der Waals surface area contributed by atoms with Gasteiger partial charge < -0.3 is 14.7 Å². The zero-order valence-corrected chi connectivity index (χ0v) is 9.16. The molecule has 0 saturated heterocycles. The fourth-order valence-corrected chi connectivity index (χ4v) is 1.88. The van der Waals surface area contributed by atoms with Gasteiger partial charge in [-0.2, -0.15) is 0 Å². The molecule has 2 N–H and O–H groups in total. The molecule has 0 radical (unpaired) electrons. The Morgan fingerprint density at radius 2 is 2.20 bits per heavy atom. The van der Waals surface area contributed by atoms with Gasteiger partial charge in [-0.05, 0) is 37.6 Å². The molecular weight excluding hydrogens is 188 g/mol. The second-order valence-electron chi connectivity index (χ2n) is 3.77. The van der Waals surface area contributed by atoms with E-state index in [0.29, 0.717) is 6.54 Å². The minimum Gasteiger partial charge on any atom is -0.467 e. The first kappa shape index (κ1) is 10.1. The smallest absolute Gasteiger partial charge is 0.123 e. The zero-order valence-electron chi connectivity index (χ0n) is 9.16. The Bertz CT molecular complexity index is 440. The lowest BCUT2D eigenvalue weighted by Crippen LogP contribution is -2.04. The van der Waals surface area contributed by atoms with E-state index >= 15 is 0 Å². The standard InChI is InChI=1S/C12H16N2O/c1-9-6-11(7-13)10(2)14(9)8-12-4-3-5-15-12/h3-6H,7-8,13H2,1-2H3. The second kappa shape index (κ2) is 3.95. The zero-order chi connectivity index (χ0) is 10.8. The molecule has 2 rings (SSSR count). The van der Waals surface area contributed by atoms with Gasteiger partial charge in [0.05, 0.1) is 12.8 Å². The number of hydrogen-bond acceptors (Lipinski definition) is 2. The van der Waals surface area contributed by atoms with Gasteiger partial charge in [0.15, 0.2) is 0 Å². The topological polar surface area (TPSA) is 44.1 Å². The van der Waals surface area contributed by atoms with Crippen LogP contribution in [0.1, 0.15) is 22.7 Å². The fourth-order valence-electron chi connectivity index (χ4n) is 1.88. The number of rotatable bonds is 3. The van der Waals surface area contributed by atoms with Gasteiger partial charge in [0, 0.05) is 17.9 Å². The number of hydrogen-bond donors (Lipinski definition) is 1. The maximum Gasteiger partial charge on any atom is 0.123 e. The Kier molecular flexibility index (Phi) is 2.64. The van der Waals surface area contributed by atoms with Gasteiger partial charge in [-0.15, -0.1) is 0 Å². The molecule has 0 unspecified atom stereocenters. The molecule has 0 aromatic carbocycles. The van der Waals surface area contributed by atoms with E-state index in [1.807, 2.05) is 12.1 Å². The molecule has 3 nitrogen and oxygen atoms in total. The van der Waals surface area contributed by atoms with Crippen molar-refractivity contribution in [2.75, 3.05) is 0 Å². The predicted molar refractivity (Wildman–Crippen MR) is 59.6 cm³/mol. The number of aromatic nitrogens is 1. The summed E-state index contributed by atoms with van der Waals surface area (Å²) in [4.78, 5) is 0. The van der Waals surface area contributed by atoms with Crippen molar-refractivity contribution in [3.8, 4) is 0 Å². The summed E-state index contributed by atoms with van der Waals surface area (Å²) in [5, 5.41) is 0. The lowest BCUT2D eigenvalue weighted by atomic mass is 10.2. The first-order valence-electron chi connectivity index (χ1n) is 5.10. The average Bonchev–Trinajstić information content (AvgIpc) is 2.81. The molecule has 0 aliphatic heterocycles. The molecule has 80 valence electrons. The third kappa shape index (κ3) is 1.83. The van der Waals surface area contributed by atoms with Crippen molar-refractivity contribution in [1.29, 1.82) is 0 Å². The van der Waals surface area contributed by atoms with Crippen molar-refractivity contribution in [2.24, 2.45) is 5.73 Å². The maximum atomic E-state index is 5.67. The van der Waals surface area contributed by atoms with Crippen LogP contribution < -0.4 is 5.73 Å². The molecule has 2 aromatic heterocycles. The van der Waals surface area contributed by atoms with Crippen LogP contribution in [0, 0.1) is 13.8 Å². The highest BCUT2D eigenvalue weighted by atomic mass is 16.3. The van der Waals surface area contributed by atoms with Gasteiger partial charge in [-0.25, -0.2) is 0 Å². The SMILES string of the molecule is Cc1cc(CN)c(C)n1Cc1ccco1. The fraction of sp³-hybridized carbons (Fsp3) is 0.333. The normalized spacial score (nSPS) is 10.9. The molecule has 2 aromatic rings. The maximum absolute atomic E-state index is 5.67. The Labute approximate surface area is 89.5 Å². The first-order chi connectivity index (χ1) is 7.22. The molecule has 15 heavy (non-hydrogen) atoms. The van der Waals surface area contributed by atoms with Crippen molar-refractivity contribution in [2.45, 2.75) is 26.9 Å². The van der Waals surface area contributed by atoms with Crippen LogP contribution in [-0.2, 0) is 13.1 Å². The molecule has 0 fully saturated rings. The van der Waals surface area contributed by atoms with Gasteiger partial charge >= 0.3 is 0 Å². The van der Waals surface area contributed by atoms with Crippen molar-refractivity contribution in [1.82, 2.24) is 4.57 Å². The van der Waals surface area contributed by atoms with Gasteiger partial charge in [0.1, 0.15) is 5.76 Å². The summed E-state index contributed by atoms with van der Waals surface area (Å²) in [5.74, 6) is 0.973. The van der Waals surface area contributed by atoms with Crippen LogP contribution in [0.5, 0.6) is 0 Å². The van der Waals surface area contributed by atoms with Crippen molar-refractivity contribution >= 4 is 0 Å². The van der Waals surface area contributed by atoms with Crippen LogP contribution >= 0.6 is 0 Å². The predicted octanol–water partition coefficient (Wildman–Crippen LogP) is 2.20. The molecule has 0 aliphatic rings. The Morgan fingerprint density at radius 3 is 2.73 bits per heavy atom. The van der Waals surface area contributed by atoms with Crippen LogP contribution in [0.15, 0.2) is 28.9 Å². The van der Waals surface area contributed by atoms with E-state index in [0.717, 1.165) is 12.3 Å². The summed E-state index contributed by atoms with van der Waals surface area (Å²) >= 11 is 0. The summed E-state index contributed by atoms with van der Waals surface area (Å²) in [5.41, 5.74) is 9.33. The molecule has 0 atom stereocenters. The van der Waals surface area contributed by atoms with E-state index in [9.17, 15) is 0 Å². The van der Waals surface area contributed by atoms with Crippen molar-refractivity contribution < 1.29 is 4.42 Å². The van der Waals surface area contributed by atoms with Gasteiger partial charge in [-0.3, -0.25) is 0 Å². The first-order valence-corrected chi connectivity index (χ1v) is 5.10. The second-order valence-corrected chi connectivity index (χ2v) is 3.77. The summed E-state index contributed by atoms with van der Waals surface area (Å²) < 4.78 is 7.56. The van der Waals surface area contributed by atoms with E-state index in [-0.39, 0.29) is 0 Å². The van der Waals surface area contributed by atoms with E-state index < -0.39 is 0 Å². The molecular formula is C12H16N2O. The van der Waals surface area contributed by atoms with Crippen LogP contribution in [0.3, 0.4) is 0 Å². The summed E-state index contributed by atoms with van der Waals surface area (Å²) in [6, 6.07) is 6.03. The van der Waals surface area contributed by atoms with Gasteiger partial charge in [0.25, 0.3) is 0 Å². The molecule has 0 aliphatic carbocycles. The summed E-state index contributed by atoms with van der Waals surface area (Å²) in [6.07, 6.45) is 1.70. The van der Waals surface area contributed by atoms with Crippen LogP contribution in [0.25, 0.3) is 0 Å².